The molecule has 9 nitrogen and oxygen atoms in total. The van der Waals surface area contributed by atoms with Gasteiger partial charge in [-0.2, -0.15) is 5.10 Å². The number of para-hydroxylation sites is 2. The van der Waals surface area contributed by atoms with Crippen LogP contribution in [0.5, 0.6) is 0 Å². The number of rotatable bonds is 7. The van der Waals surface area contributed by atoms with Gasteiger partial charge in [-0.25, -0.2) is 10.4 Å². The molecule has 0 saturated carbocycles. The first-order chi connectivity index (χ1) is 16.8. The second kappa shape index (κ2) is 10.3. The normalized spacial score (nSPS) is 11.4. The van der Waals surface area contributed by atoms with E-state index in [0.29, 0.717) is 33.0 Å². The first-order valence-electron chi connectivity index (χ1n) is 10.6. The number of thioether (sulfide) groups is 1. The Bertz CT molecular complexity index is 1530. The zero-order valence-electron chi connectivity index (χ0n) is 19.0. The number of benzene rings is 3. The van der Waals surface area contributed by atoms with Crippen molar-refractivity contribution in [3.63, 3.8) is 0 Å². The first kappa shape index (κ1) is 23.8. The Kier molecular flexibility index (Phi) is 7.02. The minimum absolute atomic E-state index is 0.0393. The summed E-state index contributed by atoms with van der Waals surface area (Å²) in [5.74, 6) is -0.443. The van der Waals surface area contributed by atoms with E-state index in [1.807, 2.05) is 31.2 Å². The van der Waals surface area contributed by atoms with Gasteiger partial charge in [0.2, 0.25) is 0 Å². The van der Waals surface area contributed by atoms with E-state index in [2.05, 4.69) is 15.5 Å². The number of nitro benzene ring substituents is 1. The summed E-state index contributed by atoms with van der Waals surface area (Å²) in [5, 5.41) is 15.9. The van der Waals surface area contributed by atoms with Gasteiger partial charge in [0.1, 0.15) is 0 Å². The van der Waals surface area contributed by atoms with Crippen LogP contribution in [0.1, 0.15) is 18.1 Å². The van der Waals surface area contributed by atoms with Gasteiger partial charge in [-0.1, -0.05) is 54.2 Å². The fourth-order valence-electron chi connectivity index (χ4n) is 3.45. The number of hydrazone groups is 1. The van der Waals surface area contributed by atoms with Crippen LogP contribution >= 0.6 is 11.8 Å². The van der Waals surface area contributed by atoms with Crippen LogP contribution in [-0.4, -0.2) is 31.8 Å². The van der Waals surface area contributed by atoms with Gasteiger partial charge in [0.25, 0.3) is 17.2 Å². The molecule has 0 aliphatic heterocycles. The van der Waals surface area contributed by atoms with Crippen molar-refractivity contribution in [1.82, 2.24) is 15.0 Å². The number of aryl methyl sites for hydroxylation is 1. The molecule has 0 aliphatic carbocycles. The first-order valence-corrected chi connectivity index (χ1v) is 11.6. The molecule has 3 aromatic carbocycles. The van der Waals surface area contributed by atoms with E-state index in [9.17, 15) is 19.7 Å². The predicted molar refractivity (Wildman–Crippen MR) is 136 cm³/mol. The minimum Gasteiger partial charge on any atom is -0.272 e. The third-order valence-corrected chi connectivity index (χ3v) is 6.20. The number of nitro groups is 1. The van der Waals surface area contributed by atoms with Crippen LogP contribution in [0, 0.1) is 17.0 Å². The lowest BCUT2D eigenvalue weighted by Crippen LogP contribution is -2.25. The van der Waals surface area contributed by atoms with Gasteiger partial charge < -0.3 is 0 Å². The van der Waals surface area contributed by atoms with Crippen molar-refractivity contribution in [2.45, 2.75) is 19.0 Å². The van der Waals surface area contributed by atoms with Gasteiger partial charge in [0, 0.05) is 17.7 Å². The maximum absolute atomic E-state index is 13.3. The second-order valence-corrected chi connectivity index (χ2v) is 8.61. The van der Waals surface area contributed by atoms with Gasteiger partial charge in [-0.15, -0.1) is 0 Å². The lowest BCUT2D eigenvalue weighted by atomic mass is 10.1. The van der Waals surface area contributed by atoms with Crippen molar-refractivity contribution in [2.24, 2.45) is 5.10 Å². The number of nitrogens with zero attached hydrogens (tertiary/aromatic N) is 4. The van der Waals surface area contributed by atoms with E-state index in [-0.39, 0.29) is 17.0 Å². The topological polar surface area (TPSA) is 119 Å². The summed E-state index contributed by atoms with van der Waals surface area (Å²) in [7, 11) is 0. The third kappa shape index (κ3) is 5.28. The number of carbonyl (C=O) groups is 1. The molecular weight excluding hydrogens is 466 g/mol. The summed E-state index contributed by atoms with van der Waals surface area (Å²) in [6.45, 7) is 3.55. The van der Waals surface area contributed by atoms with Crippen LogP contribution in [0.4, 0.5) is 5.69 Å². The number of fused-ring (bicyclic) bond motifs is 1. The third-order valence-electron chi connectivity index (χ3n) is 5.26. The molecule has 0 atom stereocenters. The van der Waals surface area contributed by atoms with Crippen LogP contribution < -0.4 is 11.0 Å². The lowest BCUT2D eigenvalue weighted by Gasteiger charge is -2.14. The number of nitrogens with one attached hydrogen (secondary N) is 1. The molecule has 0 spiro atoms. The number of non-ortho nitro benzene ring substituents is 1. The van der Waals surface area contributed by atoms with Crippen LogP contribution in [0.15, 0.2) is 87.8 Å². The molecule has 10 heteroatoms. The Labute approximate surface area is 204 Å². The number of hydrogen-bond donors (Lipinski definition) is 1. The molecule has 1 aromatic heterocycles. The van der Waals surface area contributed by atoms with Crippen molar-refractivity contribution in [1.29, 1.82) is 0 Å². The fraction of sp³-hybridized carbons (Fsp3) is 0.120. The monoisotopic (exact) mass is 487 g/mol. The molecule has 176 valence electrons. The second-order valence-electron chi connectivity index (χ2n) is 7.67. The summed E-state index contributed by atoms with van der Waals surface area (Å²) >= 11 is 1.12. The maximum Gasteiger partial charge on any atom is 0.270 e. The number of aromatic nitrogens is 2. The predicted octanol–water partition coefficient (Wildman–Crippen LogP) is 4.23. The molecule has 4 aromatic rings. The average Bonchev–Trinajstić information content (AvgIpc) is 2.87. The molecule has 0 bridgehead atoms. The summed E-state index contributed by atoms with van der Waals surface area (Å²) in [6, 6.07) is 20.6. The highest BCUT2D eigenvalue weighted by atomic mass is 32.2. The molecule has 4 rings (SSSR count). The quantitative estimate of drug-likeness (QED) is 0.137. The van der Waals surface area contributed by atoms with Gasteiger partial charge >= 0.3 is 0 Å². The average molecular weight is 488 g/mol. The highest BCUT2D eigenvalue weighted by molar-refractivity contribution is 7.99. The van der Waals surface area contributed by atoms with Crippen LogP contribution in [0.2, 0.25) is 0 Å². The summed E-state index contributed by atoms with van der Waals surface area (Å²) in [6.07, 6.45) is 0. The largest absolute Gasteiger partial charge is 0.272 e. The molecule has 0 fully saturated rings. The molecule has 1 heterocycles. The van der Waals surface area contributed by atoms with Crippen molar-refractivity contribution in [3.8, 4) is 5.69 Å². The summed E-state index contributed by atoms with van der Waals surface area (Å²) in [5.41, 5.74) is 5.28. The highest BCUT2D eigenvalue weighted by Crippen LogP contribution is 2.23. The minimum atomic E-state index is -0.490. The Balaban J connectivity index is 1.58. The maximum atomic E-state index is 13.3. The van der Waals surface area contributed by atoms with E-state index in [1.165, 1.54) is 16.7 Å². The van der Waals surface area contributed by atoms with Crippen molar-refractivity contribution >= 4 is 40.0 Å². The molecule has 0 saturated heterocycles. The standard InChI is InChI=1S/C25H21N5O4S/c1-16-8-3-6-13-22(16)29-24(32)20-11-4-5-12-21(20)26-25(29)35-15-23(31)28-27-17(2)18-9-7-10-19(14-18)30(33)34/h3-14H,15H2,1-2H3,(H,28,31). The zero-order chi connectivity index (χ0) is 24.9. The van der Waals surface area contributed by atoms with Gasteiger partial charge in [-0.3, -0.25) is 24.3 Å². The Morgan fingerprint density at radius 1 is 1.11 bits per heavy atom. The summed E-state index contributed by atoms with van der Waals surface area (Å²) in [4.78, 5) is 41.0. The SMILES string of the molecule is CC(=NNC(=O)CSc1nc2ccccc2c(=O)n1-c1ccccc1C)c1cccc([N+](=O)[O-])c1. The van der Waals surface area contributed by atoms with Crippen LogP contribution in [-0.2, 0) is 4.79 Å². The molecule has 35 heavy (non-hydrogen) atoms. The van der Waals surface area contributed by atoms with Gasteiger partial charge in [-0.05, 0) is 37.6 Å². The van der Waals surface area contributed by atoms with E-state index >= 15 is 0 Å². The van der Waals surface area contributed by atoms with Gasteiger partial charge in [0.15, 0.2) is 5.16 Å². The lowest BCUT2D eigenvalue weighted by molar-refractivity contribution is -0.384. The van der Waals surface area contributed by atoms with Crippen LogP contribution in [0.25, 0.3) is 16.6 Å². The number of hydrogen-bond acceptors (Lipinski definition) is 7. The number of amides is 1. The van der Waals surface area contributed by atoms with Crippen LogP contribution in [0.3, 0.4) is 0 Å². The Morgan fingerprint density at radius 3 is 2.63 bits per heavy atom. The molecule has 0 aliphatic rings. The van der Waals surface area contributed by atoms with E-state index in [1.54, 1.807) is 43.3 Å². The van der Waals surface area contributed by atoms with Crippen molar-refractivity contribution in [3.05, 3.63) is 104 Å². The zero-order valence-corrected chi connectivity index (χ0v) is 19.8. The van der Waals surface area contributed by atoms with Crippen molar-refractivity contribution in [2.75, 3.05) is 5.75 Å². The smallest absolute Gasteiger partial charge is 0.270 e. The molecule has 0 radical (unpaired) electrons. The molecule has 0 unspecified atom stereocenters. The molecule has 1 amide bonds. The van der Waals surface area contributed by atoms with E-state index in [4.69, 9.17) is 0 Å². The summed E-state index contributed by atoms with van der Waals surface area (Å²) < 4.78 is 1.52. The van der Waals surface area contributed by atoms with E-state index in [0.717, 1.165) is 17.3 Å². The number of carbonyl (C=O) groups excluding carboxylic acids is 1. The Morgan fingerprint density at radius 2 is 1.86 bits per heavy atom. The Hall–Kier alpha value is -4.31. The highest BCUT2D eigenvalue weighted by Gasteiger charge is 2.16. The molecular formula is C25H21N5O4S. The van der Waals surface area contributed by atoms with Crippen molar-refractivity contribution < 1.29 is 9.72 Å². The fourth-order valence-corrected chi connectivity index (χ4v) is 4.25. The van der Waals surface area contributed by atoms with Gasteiger partial charge in [0.05, 0.1) is 33.0 Å². The molecule has 1 N–H and O–H groups in total. The van der Waals surface area contributed by atoms with E-state index < -0.39 is 10.8 Å².